The largest absolute Gasteiger partial charge is 0.285 e. The molecule has 0 atom stereocenters. The van der Waals surface area contributed by atoms with E-state index in [-0.39, 0.29) is 6.54 Å². The SMILES string of the molecule is CCCNS(=O)(=O)NCc1cn[nH]c1. The van der Waals surface area contributed by atoms with Gasteiger partial charge in [0.25, 0.3) is 10.2 Å². The fourth-order valence-electron chi connectivity index (χ4n) is 0.840. The molecule has 0 spiro atoms. The molecule has 80 valence electrons. The zero-order chi connectivity index (χ0) is 10.4. The number of nitrogens with one attached hydrogen (secondary N) is 3. The third-order valence-electron chi connectivity index (χ3n) is 1.56. The maximum Gasteiger partial charge on any atom is 0.277 e. The summed E-state index contributed by atoms with van der Waals surface area (Å²) in [5, 5.41) is 6.31. The molecule has 0 bridgehead atoms. The molecule has 1 aromatic heterocycles. The maximum atomic E-state index is 11.2. The van der Waals surface area contributed by atoms with E-state index in [1.165, 1.54) is 0 Å². The molecule has 7 heteroatoms. The van der Waals surface area contributed by atoms with Crippen molar-refractivity contribution in [1.29, 1.82) is 0 Å². The van der Waals surface area contributed by atoms with E-state index in [1.807, 2.05) is 6.92 Å². The Labute approximate surface area is 83.3 Å². The van der Waals surface area contributed by atoms with Gasteiger partial charge >= 0.3 is 0 Å². The van der Waals surface area contributed by atoms with Crippen molar-refractivity contribution in [2.24, 2.45) is 0 Å². The van der Waals surface area contributed by atoms with Gasteiger partial charge in [0.05, 0.1) is 6.20 Å². The molecule has 0 radical (unpaired) electrons. The number of hydrogen-bond donors (Lipinski definition) is 3. The summed E-state index contributed by atoms with van der Waals surface area (Å²) in [5.74, 6) is 0. The second kappa shape index (κ2) is 5.08. The molecule has 0 aliphatic carbocycles. The van der Waals surface area contributed by atoms with E-state index in [0.29, 0.717) is 6.54 Å². The predicted molar refractivity (Wildman–Crippen MR) is 52.6 cm³/mol. The van der Waals surface area contributed by atoms with Crippen LogP contribution in [0.5, 0.6) is 0 Å². The van der Waals surface area contributed by atoms with E-state index in [2.05, 4.69) is 19.6 Å². The fraction of sp³-hybridized carbons (Fsp3) is 0.571. The number of aromatic amines is 1. The standard InChI is InChI=1S/C7H14N4O2S/c1-2-3-10-14(12,13)11-6-7-4-8-9-5-7/h4-5,10-11H,2-3,6H2,1H3,(H,8,9). The molecule has 6 nitrogen and oxygen atoms in total. The van der Waals surface area contributed by atoms with Crippen molar-refractivity contribution in [2.75, 3.05) is 6.54 Å². The van der Waals surface area contributed by atoms with Gasteiger partial charge in [-0.2, -0.15) is 18.2 Å². The second-order valence-corrected chi connectivity index (χ2v) is 4.41. The lowest BCUT2D eigenvalue weighted by molar-refractivity contribution is 0.565. The summed E-state index contributed by atoms with van der Waals surface area (Å²) in [4.78, 5) is 0. The molecule has 0 aromatic carbocycles. The minimum Gasteiger partial charge on any atom is -0.285 e. The van der Waals surface area contributed by atoms with Gasteiger partial charge in [0.15, 0.2) is 0 Å². The zero-order valence-corrected chi connectivity index (χ0v) is 8.76. The van der Waals surface area contributed by atoms with E-state index >= 15 is 0 Å². The van der Waals surface area contributed by atoms with Crippen LogP contribution in [0.3, 0.4) is 0 Å². The van der Waals surface area contributed by atoms with E-state index in [0.717, 1.165) is 12.0 Å². The van der Waals surface area contributed by atoms with Gasteiger partial charge in [-0.15, -0.1) is 0 Å². The molecule has 0 aliphatic heterocycles. The first-order valence-electron chi connectivity index (χ1n) is 4.36. The lowest BCUT2D eigenvalue weighted by Crippen LogP contribution is -2.36. The molecule has 1 rings (SSSR count). The summed E-state index contributed by atoms with van der Waals surface area (Å²) < 4.78 is 27.3. The number of aromatic nitrogens is 2. The number of rotatable bonds is 6. The first-order valence-corrected chi connectivity index (χ1v) is 5.84. The minimum atomic E-state index is -3.36. The van der Waals surface area contributed by atoms with Gasteiger partial charge in [0.2, 0.25) is 0 Å². The summed E-state index contributed by atoms with van der Waals surface area (Å²) >= 11 is 0. The Bertz CT molecular complexity index is 346. The maximum absolute atomic E-state index is 11.2. The summed E-state index contributed by atoms with van der Waals surface area (Å²) in [6.07, 6.45) is 3.98. The highest BCUT2D eigenvalue weighted by Crippen LogP contribution is 1.93. The van der Waals surface area contributed by atoms with Gasteiger partial charge in [-0.3, -0.25) is 5.10 Å². The Hall–Kier alpha value is -0.920. The van der Waals surface area contributed by atoms with E-state index in [9.17, 15) is 8.42 Å². The second-order valence-electron chi connectivity index (χ2n) is 2.83. The normalized spacial score (nSPS) is 11.8. The van der Waals surface area contributed by atoms with E-state index in [4.69, 9.17) is 0 Å². The summed E-state index contributed by atoms with van der Waals surface area (Å²) in [6.45, 7) is 2.59. The molecule has 14 heavy (non-hydrogen) atoms. The van der Waals surface area contributed by atoms with Gasteiger partial charge in [-0.05, 0) is 6.42 Å². The van der Waals surface area contributed by atoms with Gasteiger partial charge in [0.1, 0.15) is 0 Å². The average Bonchev–Trinajstić information content (AvgIpc) is 2.64. The Balaban J connectivity index is 2.37. The molecule has 0 aliphatic rings. The fourth-order valence-corrected chi connectivity index (χ4v) is 1.77. The van der Waals surface area contributed by atoms with Crippen molar-refractivity contribution in [3.8, 4) is 0 Å². The topological polar surface area (TPSA) is 86.9 Å². The van der Waals surface area contributed by atoms with Crippen LogP contribution in [0.1, 0.15) is 18.9 Å². The highest BCUT2D eigenvalue weighted by molar-refractivity contribution is 7.87. The lowest BCUT2D eigenvalue weighted by atomic mass is 10.4. The third-order valence-corrected chi connectivity index (χ3v) is 2.67. The van der Waals surface area contributed by atoms with Crippen LogP contribution >= 0.6 is 0 Å². The third kappa shape index (κ3) is 3.86. The van der Waals surface area contributed by atoms with Crippen LogP contribution in [0.15, 0.2) is 12.4 Å². The predicted octanol–water partition coefficient (Wildman–Crippen LogP) is -0.256. The molecule has 3 N–H and O–H groups in total. The molecule has 0 amide bonds. The van der Waals surface area contributed by atoms with Gasteiger partial charge < -0.3 is 0 Å². The zero-order valence-electron chi connectivity index (χ0n) is 7.95. The molecule has 0 unspecified atom stereocenters. The Kier molecular flexibility index (Phi) is 4.05. The van der Waals surface area contributed by atoms with Crippen molar-refractivity contribution in [3.05, 3.63) is 18.0 Å². The van der Waals surface area contributed by atoms with Crippen molar-refractivity contribution in [1.82, 2.24) is 19.6 Å². The highest BCUT2D eigenvalue weighted by atomic mass is 32.2. The van der Waals surface area contributed by atoms with Crippen LogP contribution in [-0.4, -0.2) is 25.2 Å². The number of hydrogen-bond acceptors (Lipinski definition) is 3. The number of H-pyrrole nitrogens is 1. The van der Waals surface area contributed by atoms with Crippen LogP contribution in [-0.2, 0) is 16.8 Å². The summed E-state index contributed by atoms with van der Waals surface area (Å²) in [5.41, 5.74) is 0.798. The van der Waals surface area contributed by atoms with E-state index < -0.39 is 10.2 Å². The molecule has 0 fully saturated rings. The van der Waals surface area contributed by atoms with Crippen LogP contribution in [0, 0.1) is 0 Å². The van der Waals surface area contributed by atoms with Gasteiger partial charge in [-0.1, -0.05) is 6.92 Å². The van der Waals surface area contributed by atoms with Gasteiger partial charge in [-0.25, -0.2) is 4.72 Å². The Morgan fingerprint density at radius 1 is 1.50 bits per heavy atom. The van der Waals surface area contributed by atoms with Crippen molar-refractivity contribution in [2.45, 2.75) is 19.9 Å². The van der Waals surface area contributed by atoms with Crippen molar-refractivity contribution >= 4 is 10.2 Å². The average molecular weight is 218 g/mol. The van der Waals surface area contributed by atoms with Crippen LogP contribution in [0.25, 0.3) is 0 Å². The molecule has 1 heterocycles. The summed E-state index contributed by atoms with van der Waals surface area (Å²) in [6, 6.07) is 0. The smallest absolute Gasteiger partial charge is 0.277 e. The first-order chi connectivity index (χ1) is 6.64. The van der Waals surface area contributed by atoms with Crippen molar-refractivity contribution < 1.29 is 8.42 Å². The highest BCUT2D eigenvalue weighted by Gasteiger charge is 2.07. The minimum absolute atomic E-state index is 0.246. The van der Waals surface area contributed by atoms with Crippen LogP contribution < -0.4 is 9.44 Å². The van der Waals surface area contributed by atoms with Crippen molar-refractivity contribution in [3.63, 3.8) is 0 Å². The quantitative estimate of drug-likeness (QED) is 0.615. The van der Waals surface area contributed by atoms with Crippen LogP contribution in [0.2, 0.25) is 0 Å². The number of nitrogens with zero attached hydrogens (tertiary/aromatic N) is 1. The molecule has 0 saturated carbocycles. The van der Waals surface area contributed by atoms with E-state index in [1.54, 1.807) is 12.4 Å². The molecule has 1 aromatic rings. The summed E-state index contributed by atoms with van der Waals surface area (Å²) in [7, 11) is -3.36. The van der Waals surface area contributed by atoms with Gasteiger partial charge in [0, 0.05) is 24.8 Å². The monoisotopic (exact) mass is 218 g/mol. The molecular weight excluding hydrogens is 204 g/mol. The molecular formula is C7H14N4O2S. The molecule has 0 saturated heterocycles. The Morgan fingerprint density at radius 2 is 2.29 bits per heavy atom. The first kappa shape index (κ1) is 11.2. The lowest BCUT2D eigenvalue weighted by Gasteiger charge is -2.05. The Morgan fingerprint density at radius 3 is 2.86 bits per heavy atom. The van der Waals surface area contributed by atoms with Crippen LogP contribution in [0.4, 0.5) is 0 Å².